The Morgan fingerprint density at radius 3 is 2.53 bits per heavy atom. The van der Waals surface area contributed by atoms with E-state index >= 15 is 0 Å². The molecule has 2 fully saturated rings. The van der Waals surface area contributed by atoms with Crippen LogP contribution in [0.5, 0.6) is 0 Å². The third-order valence-electron chi connectivity index (χ3n) is 3.33. The Bertz CT molecular complexity index is 217. The zero-order chi connectivity index (χ0) is 10.9. The molecule has 4 heteroatoms. The second-order valence-corrected chi connectivity index (χ2v) is 4.94. The highest BCUT2D eigenvalue weighted by Crippen LogP contribution is 2.32. The molecule has 2 heterocycles. The van der Waals surface area contributed by atoms with E-state index in [0.717, 1.165) is 32.6 Å². The van der Waals surface area contributed by atoms with Crippen molar-refractivity contribution in [2.75, 3.05) is 26.3 Å². The van der Waals surface area contributed by atoms with Gasteiger partial charge in [0.25, 0.3) is 5.92 Å². The number of nitrogens with zero attached hydrogens (tertiary/aromatic N) is 1. The highest BCUT2D eigenvalue weighted by molar-refractivity contribution is 4.87. The van der Waals surface area contributed by atoms with Crippen molar-refractivity contribution in [3.8, 4) is 0 Å². The maximum Gasteiger partial charge on any atom is 0.260 e. The quantitative estimate of drug-likeness (QED) is 0.670. The monoisotopic (exact) mass is 219 g/mol. The first kappa shape index (κ1) is 11.3. The Labute approximate surface area is 89.6 Å². The molecule has 1 unspecified atom stereocenters. The molecule has 0 bridgehead atoms. The Kier molecular flexibility index (Phi) is 3.26. The van der Waals surface area contributed by atoms with Crippen LogP contribution >= 0.6 is 0 Å². The number of hydrogen-bond donors (Lipinski definition) is 0. The Hall–Kier alpha value is -0.220. The minimum Gasteiger partial charge on any atom is -0.381 e. The van der Waals surface area contributed by atoms with Gasteiger partial charge in [-0.3, -0.25) is 4.90 Å². The molecule has 2 aliphatic rings. The van der Waals surface area contributed by atoms with Gasteiger partial charge in [-0.25, -0.2) is 8.78 Å². The van der Waals surface area contributed by atoms with Crippen molar-refractivity contribution in [2.45, 2.75) is 38.2 Å². The summed E-state index contributed by atoms with van der Waals surface area (Å²) >= 11 is 0. The van der Waals surface area contributed by atoms with Crippen LogP contribution in [-0.2, 0) is 4.74 Å². The minimum absolute atomic E-state index is 0.0483. The van der Waals surface area contributed by atoms with Crippen molar-refractivity contribution in [3.63, 3.8) is 0 Å². The molecule has 2 saturated heterocycles. The van der Waals surface area contributed by atoms with Crippen molar-refractivity contribution in [2.24, 2.45) is 5.92 Å². The summed E-state index contributed by atoms with van der Waals surface area (Å²) in [6.45, 7) is 4.13. The van der Waals surface area contributed by atoms with E-state index in [9.17, 15) is 8.78 Å². The predicted molar refractivity (Wildman–Crippen MR) is 54.1 cm³/mol. The van der Waals surface area contributed by atoms with Gasteiger partial charge >= 0.3 is 0 Å². The molecule has 1 atom stereocenters. The molecule has 2 aliphatic heterocycles. The van der Waals surface area contributed by atoms with Crippen LogP contribution in [0.4, 0.5) is 8.78 Å². The van der Waals surface area contributed by atoms with E-state index < -0.39 is 5.92 Å². The number of ether oxygens (including phenoxy) is 1. The van der Waals surface area contributed by atoms with Gasteiger partial charge in [0, 0.05) is 32.2 Å². The van der Waals surface area contributed by atoms with Crippen LogP contribution in [0, 0.1) is 5.92 Å². The number of piperidine rings is 1. The Morgan fingerprint density at radius 1 is 1.27 bits per heavy atom. The fraction of sp³-hybridized carbons (Fsp3) is 1.00. The summed E-state index contributed by atoms with van der Waals surface area (Å²) in [6, 6.07) is 0.312. The lowest BCUT2D eigenvalue weighted by atomic mass is 9.94. The minimum atomic E-state index is -2.49. The standard InChI is InChI=1S/C11H19F2NO/c1-9-6-11(12,13)8-14(7-9)10-2-4-15-5-3-10/h9-10H,2-8H2,1H3. The van der Waals surface area contributed by atoms with Gasteiger partial charge in [-0.05, 0) is 18.8 Å². The number of halogens is 2. The van der Waals surface area contributed by atoms with Crippen LogP contribution in [0.15, 0.2) is 0 Å². The molecule has 0 spiro atoms. The number of rotatable bonds is 1. The predicted octanol–water partition coefficient (Wildman–Crippen LogP) is 2.14. The van der Waals surface area contributed by atoms with Crippen molar-refractivity contribution < 1.29 is 13.5 Å². The van der Waals surface area contributed by atoms with E-state index in [1.807, 2.05) is 11.8 Å². The highest BCUT2D eigenvalue weighted by Gasteiger charge is 2.40. The average molecular weight is 219 g/mol. The van der Waals surface area contributed by atoms with Crippen LogP contribution in [0.2, 0.25) is 0 Å². The van der Waals surface area contributed by atoms with Gasteiger partial charge in [-0.15, -0.1) is 0 Å². The summed E-state index contributed by atoms with van der Waals surface area (Å²) in [5, 5.41) is 0. The van der Waals surface area contributed by atoms with Crippen LogP contribution < -0.4 is 0 Å². The molecule has 88 valence electrons. The molecule has 2 rings (SSSR count). The smallest absolute Gasteiger partial charge is 0.260 e. The largest absolute Gasteiger partial charge is 0.381 e. The average Bonchev–Trinajstić information content (AvgIpc) is 2.16. The SMILES string of the molecule is CC1CN(C2CCOCC2)CC(F)(F)C1. The molecule has 0 N–H and O–H groups in total. The van der Waals surface area contributed by atoms with Crippen molar-refractivity contribution >= 4 is 0 Å². The molecule has 0 aromatic carbocycles. The maximum absolute atomic E-state index is 13.4. The molecule has 2 nitrogen and oxygen atoms in total. The number of alkyl halides is 2. The van der Waals surface area contributed by atoms with Crippen LogP contribution in [0.3, 0.4) is 0 Å². The first-order chi connectivity index (χ1) is 7.07. The third-order valence-corrected chi connectivity index (χ3v) is 3.33. The summed E-state index contributed by atoms with van der Waals surface area (Å²) in [6.07, 6.45) is 1.86. The van der Waals surface area contributed by atoms with Crippen LogP contribution in [-0.4, -0.2) is 43.2 Å². The first-order valence-corrected chi connectivity index (χ1v) is 5.76. The topological polar surface area (TPSA) is 12.5 Å². The fourth-order valence-electron chi connectivity index (χ4n) is 2.73. The summed E-state index contributed by atoms with van der Waals surface area (Å²) in [5.74, 6) is -2.38. The summed E-state index contributed by atoms with van der Waals surface area (Å²) in [5.41, 5.74) is 0. The molecular weight excluding hydrogens is 200 g/mol. The first-order valence-electron chi connectivity index (χ1n) is 5.76. The third kappa shape index (κ3) is 2.88. The zero-order valence-electron chi connectivity index (χ0n) is 9.22. The van der Waals surface area contributed by atoms with Crippen molar-refractivity contribution in [1.82, 2.24) is 4.90 Å². The van der Waals surface area contributed by atoms with E-state index in [4.69, 9.17) is 4.74 Å². The van der Waals surface area contributed by atoms with Gasteiger partial charge in [0.2, 0.25) is 0 Å². The van der Waals surface area contributed by atoms with E-state index in [1.54, 1.807) is 0 Å². The van der Waals surface area contributed by atoms with Gasteiger partial charge in [-0.2, -0.15) is 0 Å². The van der Waals surface area contributed by atoms with Gasteiger partial charge in [0.1, 0.15) is 0 Å². The van der Waals surface area contributed by atoms with Crippen molar-refractivity contribution in [1.29, 1.82) is 0 Å². The second-order valence-electron chi connectivity index (χ2n) is 4.94. The van der Waals surface area contributed by atoms with Gasteiger partial charge < -0.3 is 4.74 Å². The van der Waals surface area contributed by atoms with Gasteiger partial charge in [0.05, 0.1) is 6.54 Å². The number of likely N-dealkylation sites (tertiary alicyclic amines) is 1. The van der Waals surface area contributed by atoms with Crippen LogP contribution in [0.25, 0.3) is 0 Å². The van der Waals surface area contributed by atoms with Crippen LogP contribution in [0.1, 0.15) is 26.2 Å². The summed E-state index contributed by atoms with van der Waals surface area (Å²) in [4.78, 5) is 1.97. The molecule has 15 heavy (non-hydrogen) atoms. The van der Waals surface area contributed by atoms with E-state index in [2.05, 4.69) is 0 Å². The molecule has 0 aromatic rings. The molecule has 0 radical (unpaired) electrons. The molecule has 0 aliphatic carbocycles. The van der Waals surface area contributed by atoms with E-state index in [-0.39, 0.29) is 18.9 Å². The normalized spacial score (nSPS) is 34.2. The number of hydrogen-bond acceptors (Lipinski definition) is 2. The highest BCUT2D eigenvalue weighted by atomic mass is 19.3. The zero-order valence-corrected chi connectivity index (χ0v) is 9.22. The van der Waals surface area contributed by atoms with Gasteiger partial charge in [-0.1, -0.05) is 6.92 Å². The van der Waals surface area contributed by atoms with Crippen molar-refractivity contribution in [3.05, 3.63) is 0 Å². The Balaban J connectivity index is 1.95. The van der Waals surface area contributed by atoms with E-state index in [1.165, 1.54) is 0 Å². The molecule has 0 saturated carbocycles. The Morgan fingerprint density at radius 2 is 1.93 bits per heavy atom. The van der Waals surface area contributed by atoms with E-state index in [0.29, 0.717) is 6.04 Å². The molecular formula is C11H19F2NO. The van der Waals surface area contributed by atoms with Gasteiger partial charge in [0.15, 0.2) is 0 Å². The summed E-state index contributed by atoms with van der Waals surface area (Å²) in [7, 11) is 0. The second kappa shape index (κ2) is 4.34. The lowest BCUT2D eigenvalue weighted by Gasteiger charge is -2.42. The fourth-order valence-corrected chi connectivity index (χ4v) is 2.73. The lowest BCUT2D eigenvalue weighted by Crippen LogP contribution is -2.52. The molecule has 0 amide bonds. The summed E-state index contributed by atoms with van der Waals surface area (Å²) < 4.78 is 32.0. The lowest BCUT2D eigenvalue weighted by molar-refractivity contribution is -0.103. The maximum atomic E-state index is 13.4. The molecule has 0 aromatic heterocycles.